The fourth-order valence-electron chi connectivity index (χ4n) is 1.72. The Kier molecular flexibility index (Phi) is 5.89. The summed E-state index contributed by atoms with van der Waals surface area (Å²) in [5.74, 6) is 0.662. The van der Waals surface area contributed by atoms with Crippen LogP contribution >= 0.6 is 0 Å². The van der Waals surface area contributed by atoms with Gasteiger partial charge < -0.3 is 5.32 Å². The van der Waals surface area contributed by atoms with Crippen LogP contribution in [0.25, 0.3) is 0 Å². The Hall–Kier alpha value is -0.130. The van der Waals surface area contributed by atoms with E-state index >= 15 is 0 Å². The Morgan fingerprint density at radius 3 is 2.47 bits per heavy atom. The van der Waals surface area contributed by atoms with Crippen molar-refractivity contribution >= 4 is 10.0 Å². The lowest BCUT2D eigenvalue weighted by molar-refractivity contribution is 0.361. The summed E-state index contributed by atoms with van der Waals surface area (Å²) in [6, 6.07) is 0.579. The second-order valence-corrected chi connectivity index (χ2v) is 7.10. The molecule has 0 radical (unpaired) electrons. The zero-order valence-corrected chi connectivity index (χ0v) is 12.1. The Balaban J connectivity index is 2.39. The van der Waals surface area contributed by atoms with Crippen LogP contribution in [0.2, 0.25) is 0 Å². The van der Waals surface area contributed by atoms with Gasteiger partial charge in [0.1, 0.15) is 0 Å². The van der Waals surface area contributed by atoms with E-state index in [9.17, 15) is 8.42 Å². The van der Waals surface area contributed by atoms with Crippen LogP contribution in [0.1, 0.15) is 40.0 Å². The lowest BCUT2D eigenvalue weighted by atomic mass is 10.1. The van der Waals surface area contributed by atoms with Crippen LogP contribution in [-0.4, -0.2) is 44.2 Å². The molecule has 1 saturated carbocycles. The molecule has 0 aromatic rings. The molecule has 1 aliphatic rings. The molecule has 1 atom stereocenters. The molecule has 0 aliphatic heterocycles. The van der Waals surface area contributed by atoms with Gasteiger partial charge in [-0.15, -0.1) is 0 Å². The number of nitrogens with zero attached hydrogens (tertiary/aromatic N) is 1. The van der Waals surface area contributed by atoms with Gasteiger partial charge in [0.2, 0.25) is 10.0 Å². The third-order valence-electron chi connectivity index (χ3n) is 3.33. The topological polar surface area (TPSA) is 49.4 Å². The van der Waals surface area contributed by atoms with E-state index in [4.69, 9.17) is 0 Å². The summed E-state index contributed by atoms with van der Waals surface area (Å²) in [5, 5.41) is 3.25. The molecule has 1 aliphatic carbocycles. The van der Waals surface area contributed by atoms with E-state index in [1.165, 1.54) is 12.8 Å². The Morgan fingerprint density at radius 1 is 1.35 bits per heavy atom. The maximum absolute atomic E-state index is 12.1. The quantitative estimate of drug-likeness (QED) is 0.684. The summed E-state index contributed by atoms with van der Waals surface area (Å²) in [7, 11) is -3.07. The highest BCUT2D eigenvalue weighted by Crippen LogP contribution is 2.18. The molecule has 17 heavy (non-hydrogen) atoms. The maximum atomic E-state index is 12.1. The fraction of sp³-hybridized carbons (Fsp3) is 1.00. The summed E-state index contributed by atoms with van der Waals surface area (Å²) in [4.78, 5) is 0. The molecular formula is C12H26N2O2S. The van der Waals surface area contributed by atoms with Gasteiger partial charge in [0.25, 0.3) is 0 Å². The standard InChI is InChI=1S/C12H26N2O2S/c1-4-11(3)10-14(5-2)17(15,16)9-8-13-12-6-7-12/h11-13H,4-10H2,1-3H3. The number of nitrogens with one attached hydrogen (secondary N) is 1. The lowest BCUT2D eigenvalue weighted by Gasteiger charge is -2.23. The second kappa shape index (κ2) is 6.71. The zero-order chi connectivity index (χ0) is 12.9. The minimum Gasteiger partial charge on any atom is -0.313 e. The van der Waals surface area contributed by atoms with Crippen molar-refractivity contribution in [3.8, 4) is 0 Å². The zero-order valence-electron chi connectivity index (χ0n) is 11.3. The van der Waals surface area contributed by atoms with Gasteiger partial charge in [-0.05, 0) is 18.8 Å². The van der Waals surface area contributed by atoms with Gasteiger partial charge in [-0.1, -0.05) is 27.2 Å². The van der Waals surface area contributed by atoms with Crippen molar-refractivity contribution in [2.75, 3.05) is 25.4 Å². The molecule has 102 valence electrons. The van der Waals surface area contributed by atoms with Crippen molar-refractivity contribution in [2.45, 2.75) is 46.1 Å². The predicted octanol–water partition coefficient (Wildman–Crippen LogP) is 1.44. The predicted molar refractivity (Wildman–Crippen MR) is 71.5 cm³/mol. The van der Waals surface area contributed by atoms with Crippen LogP contribution in [0, 0.1) is 5.92 Å². The van der Waals surface area contributed by atoms with Crippen LogP contribution in [0.4, 0.5) is 0 Å². The number of sulfonamides is 1. The van der Waals surface area contributed by atoms with E-state index < -0.39 is 10.0 Å². The van der Waals surface area contributed by atoms with E-state index in [-0.39, 0.29) is 5.75 Å². The smallest absolute Gasteiger partial charge is 0.215 e. The van der Waals surface area contributed by atoms with E-state index in [1.807, 2.05) is 6.92 Å². The van der Waals surface area contributed by atoms with Crippen molar-refractivity contribution in [1.82, 2.24) is 9.62 Å². The van der Waals surface area contributed by atoms with Gasteiger partial charge in [-0.2, -0.15) is 0 Å². The van der Waals surface area contributed by atoms with Crippen molar-refractivity contribution < 1.29 is 8.42 Å². The Morgan fingerprint density at radius 2 is 2.00 bits per heavy atom. The van der Waals surface area contributed by atoms with Gasteiger partial charge >= 0.3 is 0 Å². The first-order valence-electron chi connectivity index (χ1n) is 6.70. The van der Waals surface area contributed by atoms with Gasteiger partial charge in [-0.3, -0.25) is 0 Å². The van der Waals surface area contributed by atoms with Gasteiger partial charge in [0.05, 0.1) is 5.75 Å². The third-order valence-corrected chi connectivity index (χ3v) is 5.24. The first-order valence-corrected chi connectivity index (χ1v) is 8.31. The van der Waals surface area contributed by atoms with Crippen LogP contribution < -0.4 is 5.32 Å². The molecule has 1 N–H and O–H groups in total. The SMILES string of the molecule is CCC(C)CN(CC)S(=O)(=O)CCNC1CC1. The summed E-state index contributed by atoms with van der Waals surface area (Å²) in [6.45, 7) is 7.92. The molecular weight excluding hydrogens is 236 g/mol. The summed E-state index contributed by atoms with van der Waals surface area (Å²) in [5.41, 5.74) is 0. The molecule has 0 amide bonds. The largest absolute Gasteiger partial charge is 0.313 e. The molecule has 0 spiro atoms. The molecule has 0 aromatic heterocycles. The van der Waals surface area contributed by atoms with Crippen molar-refractivity contribution in [1.29, 1.82) is 0 Å². The Bertz CT molecular complexity index is 312. The molecule has 5 heteroatoms. The highest BCUT2D eigenvalue weighted by molar-refractivity contribution is 7.89. The molecule has 0 aromatic carbocycles. The average Bonchev–Trinajstić information content (AvgIpc) is 3.08. The van der Waals surface area contributed by atoms with Crippen molar-refractivity contribution in [3.05, 3.63) is 0 Å². The fourth-order valence-corrected chi connectivity index (χ4v) is 3.23. The Labute approximate surface area is 106 Å². The monoisotopic (exact) mass is 262 g/mol. The number of hydrogen-bond donors (Lipinski definition) is 1. The molecule has 4 nitrogen and oxygen atoms in total. The highest BCUT2D eigenvalue weighted by Gasteiger charge is 2.24. The molecule has 1 rings (SSSR count). The van der Waals surface area contributed by atoms with Crippen LogP contribution in [-0.2, 0) is 10.0 Å². The van der Waals surface area contributed by atoms with Crippen LogP contribution in [0.5, 0.6) is 0 Å². The summed E-state index contributed by atoms with van der Waals surface area (Å²) < 4.78 is 25.8. The first kappa shape index (κ1) is 14.9. The van der Waals surface area contributed by atoms with E-state index in [0.29, 0.717) is 31.6 Å². The molecule has 0 saturated heterocycles. The summed E-state index contributed by atoms with van der Waals surface area (Å²) in [6.07, 6.45) is 3.42. The third kappa shape index (κ3) is 5.36. The van der Waals surface area contributed by atoms with Crippen molar-refractivity contribution in [3.63, 3.8) is 0 Å². The minimum atomic E-state index is -3.07. The second-order valence-electron chi connectivity index (χ2n) is 5.01. The number of rotatable bonds is 9. The number of hydrogen-bond acceptors (Lipinski definition) is 3. The molecule has 1 unspecified atom stereocenters. The highest BCUT2D eigenvalue weighted by atomic mass is 32.2. The van der Waals surface area contributed by atoms with Crippen LogP contribution in [0.15, 0.2) is 0 Å². The molecule has 0 bridgehead atoms. The first-order chi connectivity index (χ1) is 7.99. The summed E-state index contributed by atoms with van der Waals surface area (Å²) >= 11 is 0. The van der Waals surface area contributed by atoms with Crippen LogP contribution in [0.3, 0.4) is 0 Å². The maximum Gasteiger partial charge on any atom is 0.215 e. The minimum absolute atomic E-state index is 0.230. The molecule has 1 fully saturated rings. The van der Waals surface area contributed by atoms with Gasteiger partial charge in [0, 0.05) is 25.7 Å². The van der Waals surface area contributed by atoms with E-state index in [2.05, 4.69) is 19.2 Å². The average molecular weight is 262 g/mol. The van der Waals surface area contributed by atoms with E-state index in [0.717, 1.165) is 6.42 Å². The molecule has 0 heterocycles. The van der Waals surface area contributed by atoms with Crippen molar-refractivity contribution in [2.24, 2.45) is 5.92 Å². The van der Waals surface area contributed by atoms with E-state index in [1.54, 1.807) is 4.31 Å². The van der Waals surface area contributed by atoms with Gasteiger partial charge in [-0.25, -0.2) is 12.7 Å². The lowest BCUT2D eigenvalue weighted by Crippen LogP contribution is -2.39. The van der Waals surface area contributed by atoms with Gasteiger partial charge in [0.15, 0.2) is 0 Å². The normalized spacial score (nSPS) is 18.6.